The second-order valence-electron chi connectivity index (χ2n) is 10.6. The van der Waals surface area contributed by atoms with Gasteiger partial charge < -0.3 is 19.6 Å². The molecule has 0 spiro atoms. The van der Waals surface area contributed by atoms with E-state index in [0.717, 1.165) is 11.1 Å². The lowest BCUT2D eigenvalue weighted by Crippen LogP contribution is -2.43. The van der Waals surface area contributed by atoms with E-state index in [4.69, 9.17) is 4.74 Å². The third-order valence-corrected chi connectivity index (χ3v) is 6.68. The van der Waals surface area contributed by atoms with Gasteiger partial charge in [-0.05, 0) is 54.9 Å². The summed E-state index contributed by atoms with van der Waals surface area (Å²) < 4.78 is 5.13. The van der Waals surface area contributed by atoms with E-state index < -0.39 is 18.1 Å². The van der Waals surface area contributed by atoms with Crippen LogP contribution in [0.15, 0.2) is 48.5 Å². The number of carbonyl (C=O) groups excluding carboxylic acids is 3. The molecular weight excluding hydrogens is 496 g/mol. The summed E-state index contributed by atoms with van der Waals surface area (Å²) in [4.78, 5) is 51.2. The number of hydrogen-bond donors (Lipinski definition) is 1. The molecule has 0 aliphatic carbocycles. The van der Waals surface area contributed by atoms with E-state index in [1.807, 2.05) is 64.1 Å². The van der Waals surface area contributed by atoms with E-state index >= 15 is 0 Å². The summed E-state index contributed by atoms with van der Waals surface area (Å²) in [6.45, 7) is 11.0. The summed E-state index contributed by atoms with van der Waals surface area (Å²) >= 11 is 0. The molecule has 8 heteroatoms. The number of rotatable bonds is 9. The predicted molar refractivity (Wildman–Crippen MR) is 150 cm³/mol. The van der Waals surface area contributed by atoms with Crippen LogP contribution >= 0.6 is 0 Å². The number of ether oxygens (including phenoxy) is 1. The Morgan fingerprint density at radius 2 is 1.21 bits per heavy atom. The Labute approximate surface area is 231 Å². The molecule has 1 N–H and O–H groups in total. The summed E-state index contributed by atoms with van der Waals surface area (Å²) in [5.74, 6) is -0.909. The molecule has 212 valence electrons. The first-order valence-electron chi connectivity index (χ1n) is 13.2. The molecule has 2 aliphatic heterocycles. The van der Waals surface area contributed by atoms with Gasteiger partial charge in [-0.25, -0.2) is 9.59 Å². The van der Waals surface area contributed by atoms with Crippen LogP contribution in [0.3, 0.4) is 0 Å². The summed E-state index contributed by atoms with van der Waals surface area (Å²) in [5, 5.41) is 9.29. The zero-order valence-electron chi connectivity index (χ0n) is 22.8. The maximum Gasteiger partial charge on any atom is 0.328 e. The maximum atomic E-state index is 12.4. The molecule has 2 atom stereocenters. The van der Waals surface area contributed by atoms with Crippen molar-refractivity contribution >= 4 is 23.8 Å². The van der Waals surface area contributed by atoms with Gasteiger partial charge in [0.05, 0.1) is 6.61 Å². The minimum absolute atomic E-state index is 0. The number of benzene rings is 2. The van der Waals surface area contributed by atoms with E-state index in [9.17, 15) is 24.3 Å². The van der Waals surface area contributed by atoms with Gasteiger partial charge in [-0.2, -0.15) is 0 Å². The molecule has 2 unspecified atom stereocenters. The first kappa shape index (κ1) is 31.5. The molecule has 4 rings (SSSR count). The van der Waals surface area contributed by atoms with Crippen LogP contribution in [0.25, 0.3) is 0 Å². The highest BCUT2D eigenvalue weighted by atomic mass is 16.5. The molecule has 2 amide bonds. The van der Waals surface area contributed by atoms with Crippen molar-refractivity contribution in [2.45, 2.75) is 80.1 Å². The van der Waals surface area contributed by atoms with Crippen molar-refractivity contribution in [3.05, 3.63) is 70.8 Å². The molecule has 0 aromatic heterocycles. The van der Waals surface area contributed by atoms with E-state index in [1.54, 1.807) is 24.0 Å². The highest BCUT2D eigenvalue weighted by molar-refractivity contribution is 6.01. The molecule has 2 heterocycles. The Balaban J connectivity index is 0.000000268. The van der Waals surface area contributed by atoms with Crippen LogP contribution in [-0.2, 0) is 27.4 Å². The number of amides is 2. The van der Waals surface area contributed by atoms with Crippen molar-refractivity contribution in [2.75, 3.05) is 6.61 Å². The SMILES string of the molecule is C.CC(C)CC(C(=O)O)N1Cc2ccccc2C1=O.CCOC(=O)C(CC(C)C)N1Cc2ccccc2C1=O. The summed E-state index contributed by atoms with van der Waals surface area (Å²) in [7, 11) is 0. The smallest absolute Gasteiger partial charge is 0.328 e. The van der Waals surface area contributed by atoms with Crippen LogP contribution in [0.2, 0.25) is 0 Å². The van der Waals surface area contributed by atoms with Crippen molar-refractivity contribution in [2.24, 2.45) is 11.8 Å². The highest BCUT2D eigenvalue weighted by Gasteiger charge is 2.38. The third-order valence-electron chi connectivity index (χ3n) is 6.68. The topological polar surface area (TPSA) is 104 Å². The highest BCUT2D eigenvalue weighted by Crippen LogP contribution is 2.28. The van der Waals surface area contributed by atoms with E-state index in [1.165, 1.54) is 4.90 Å². The largest absolute Gasteiger partial charge is 0.480 e. The molecule has 0 bridgehead atoms. The zero-order valence-corrected chi connectivity index (χ0v) is 22.8. The Bertz CT molecular complexity index is 1180. The lowest BCUT2D eigenvalue weighted by atomic mass is 10.0. The molecule has 0 radical (unpaired) electrons. The predicted octanol–water partition coefficient (Wildman–Crippen LogP) is 5.40. The molecule has 39 heavy (non-hydrogen) atoms. The van der Waals surface area contributed by atoms with Gasteiger partial charge >= 0.3 is 11.9 Å². The minimum Gasteiger partial charge on any atom is -0.480 e. The second kappa shape index (κ2) is 13.9. The average Bonchev–Trinajstić information content (AvgIpc) is 3.38. The molecule has 2 aromatic rings. The van der Waals surface area contributed by atoms with Gasteiger partial charge in [-0.3, -0.25) is 9.59 Å². The molecule has 8 nitrogen and oxygen atoms in total. The van der Waals surface area contributed by atoms with Gasteiger partial charge in [0.15, 0.2) is 0 Å². The van der Waals surface area contributed by atoms with E-state index in [2.05, 4.69) is 0 Å². The maximum absolute atomic E-state index is 12.4. The summed E-state index contributed by atoms with van der Waals surface area (Å²) in [6.07, 6.45) is 1.10. The van der Waals surface area contributed by atoms with Gasteiger partial charge in [0.25, 0.3) is 11.8 Å². The van der Waals surface area contributed by atoms with Gasteiger partial charge in [0, 0.05) is 24.2 Å². The quantitative estimate of drug-likeness (QED) is 0.429. The third kappa shape index (κ3) is 7.46. The lowest BCUT2D eigenvalue weighted by molar-refractivity contribution is -0.149. The van der Waals surface area contributed by atoms with Crippen molar-refractivity contribution in [1.29, 1.82) is 0 Å². The summed E-state index contributed by atoms with van der Waals surface area (Å²) in [5.41, 5.74) is 3.23. The van der Waals surface area contributed by atoms with Crippen LogP contribution < -0.4 is 0 Å². The van der Waals surface area contributed by atoms with E-state index in [-0.39, 0.29) is 31.1 Å². The fourth-order valence-electron chi connectivity index (χ4n) is 4.90. The molecule has 0 fully saturated rings. The standard InChI is InChI=1S/C16H21NO3.C14H17NO3.CH4/c1-4-20-16(19)14(9-11(2)3)17-10-12-7-5-6-8-13(12)15(17)18;1-9(2)7-12(14(17)18)15-8-10-5-3-4-6-11(10)13(15)16;/h5-8,11,14H,4,9-10H2,1-3H3;3-6,9,12H,7-8H2,1-2H3,(H,17,18);1H4. The Morgan fingerprint density at radius 1 is 0.795 bits per heavy atom. The van der Waals surface area contributed by atoms with Crippen LogP contribution in [-0.4, -0.2) is 57.3 Å². The lowest BCUT2D eigenvalue weighted by Gasteiger charge is -2.27. The normalized spacial score (nSPS) is 15.3. The van der Waals surface area contributed by atoms with Crippen LogP contribution in [0.1, 0.15) is 86.7 Å². The van der Waals surface area contributed by atoms with Gasteiger partial charge in [-0.1, -0.05) is 71.5 Å². The van der Waals surface area contributed by atoms with Crippen LogP contribution in [0, 0.1) is 11.8 Å². The van der Waals surface area contributed by atoms with Crippen LogP contribution in [0.5, 0.6) is 0 Å². The van der Waals surface area contributed by atoms with Crippen molar-refractivity contribution in [3.8, 4) is 0 Å². The van der Waals surface area contributed by atoms with Crippen molar-refractivity contribution in [3.63, 3.8) is 0 Å². The van der Waals surface area contributed by atoms with Crippen molar-refractivity contribution < 1.29 is 29.0 Å². The second-order valence-corrected chi connectivity index (χ2v) is 10.6. The number of aliphatic carboxylic acids is 1. The van der Waals surface area contributed by atoms with Gasteiger partial charge in [0.2, 0.25) is 0 Å². The zero-order chi connectivity index (χ0) is 28.0. The van der Waals surface area contributed by atoms with Gasteiger partial charge in [-0.15, -0.1) is 0 Å². The molecule has 0 saturated carbocycles. The Morgan fingerprint density at radius 3 is 1.59 bits per heavy atom. The minimum atomic E-state index is -0.926. The summed E-state index contributed by atoms with van der Waals surface area (Å²) in [6, 6.07) is 13.6. The fourth-order valence-corrected chi connectivity index (χ4v) is 4.90. The number of esters is 1. The number of fused-ring (bicyclic) bond motifs is 2. The molecule has 0 saturated heterocycles. The monoisotopic (exact) mass is 538 g/mol. The first-order chi connectivity index (χ1) is 18.0. The Kier molecular flexibility index (Phi) is 11.3. The average molecular weight is 539 g/mol. The Hall–Kier alpha value is -3.68. The van der Waals surface area contributed by atoms with Crippen LogP contribution in [0.4, 0.5) is 0 Å². The molecule has 2 aliphatic rings. The van der Waals surface area contributed by atoms with Gasteiger partial charge in [0.1, 0.15) is 12.1 Å². The first-order valence-corrected chi connectivity index (χ1v) is 13.2. The number of nitrogens with zero attached hydrogens (tertiary/aromatic N) is 2. The van der Waals surface area contributed by atoms with Crippen molar-refractivity contribution in [1.82, 2.24) is 9.80 Å². The number of carboxylic acid groups (broad SMARTS) is 1. The molecular formula is C31H42N2O6. The number of carboxylic acids is 1. The number of carbonyl (C=O) groups is 4. The number of hydrogen-bond acceptors (Lipinski definition) is 5. The van der Waals surface area contributed by atoms with E-state index in [0.29, 0.717) is 49.6 Å². The molecule has 2 aromatic carbocycles. The fraction of sp³-hybridized carbons (Fsp3) is 0.484.